The molecule has 1 spiro atoms. The molecule has 2 aromatic rings. The van der Waals surface area contributed by atoms with Gasteiger partial charge in [0.05, 0.1) is 0 Å². The summed E-state index contributed by atoms with van der Waals surface area (Å²) >= 11 is 0. The van der Waals surface area contributed by atoms with Crippen molar-refractivity contribution in [2.24, 2.45) is 0 Å². The van der Waals surface area contributed by atoms with Gasteiger partial charge in [-0.15, -0.1) is 0 Å². The summed E-state index contributed by atoms with van der Waals surface area (Å²) in [5.74, 6) is 1.47. The van der Waals surface area contributed by atoms with Crippen LogP contribution in [0.1, 0.15) is 36.8 Å². The Morgan fingerprint density at radius 3 is 2.62 bits per heavy atom. The minimum atomic E-state index is -0.489. The van der Waals surface area contributed by atoms with Gasteiger partial charge in [-0.3, -0.25) is 4.79 Å². The van der Waals surface area contributed by atoms with Crippen molar-refractivity contribution >= 4 is 11.6 Å². The van der Waals surface area contributed by atoms with Gasteiger partial charge < -0.3 is 19.5 Å². The third kappa shape index (κ3) is 3.34. The van der Waals surface area contributed by atoms with Crippen molar-refractivity contribution in [3.63, 3.8) is 0 Å². The molecule has 1 fully saturated rings. The second-order valence-corrected chi connectivity index (χ2v) is 7.09. The summed E-state index contributed by atoms with van der Waals surface area (Å²) in [5.41, 5.74) is 2.86. The molecule has 1 heterocycles. The Morgan fingerprint density at radius 1 is 1.08 bits per heavy atom. The van der Waals surface area contributed by atoms with E-state index in [4.69, 9.17) is 14.2 Å². The molecule has 0 bridgehead atoms. The fraction of sp³-hybridized carbons (Fsp3) is 0.381. The lowest BCUT2D eigenvalue weighted by atomic mass is 10.1. The van der Waals surface area contributed by atoms with Gasteiger partial charge in [-0.25, -0.2) is 0 Å². The molecule has 0 aromatic heterocycles. The number of carbonyl (C=O) groups excluding carboxylic acids is 1. The van der Waals surface area contributed by atoms with E-state index in [1.54, 1.807) is 0 Å². The van der Waals surface area contributed by atoms with Crippen LogP contribution in [-0.4, -0.2) is 18.3 Å². The number of hydrogen-bond acceptors (Lipinski definition) is 4. The molecule has 1 amide bonds. The van der Waals surface area contributed by atoms with Crippen molar-refractivity contribution in [3.8, 4) is 17.2 Å². The molecule has 1 aliphatic heterocycles. The van der Waals surface area contributed by atoms with E-state index in [9.17, 15) is 4.79 Å². The first-order chi connectivity index (χ1) is 12.5. The Morgan fingerprint density at radius 2 is 1.85 bits per heavy atom. The van der Waals surface area contributed by atoms with Crippen molar-refractivity contribution < 1.29 is 19.0 Å². The molecule has 136 valence electrons. The first-order valence-electron chi connectivity index (χ1n) is 9.05. The summed E-state index contributed by atoms with van der Waals surface area (Å²) < 4.78 is 17.6. The molecule has 5 heteroatoms. The zero-order valence-electron chi connectivity index (χ0n) is 15.1. The number of aryl methyl sites for hydroxylation is 2. The third-order valence-corrected chi connectivity index (χ3v) is 4.87. The monoisotopic (exact) mass is 353 g/mol. The Kier molecular flexibility index (Phi) is 4.23. The van der Waals surface area contributed by atoms with Crippen LogP contribution in [-0.2, 0) is 4.79 Å². The van der Waals surface area contributed by atoms with Crippen LogP contribution in [0.15, 0.2) is 36.4 Å². The minimum absolute atomic E-state index is 0.0394. The summed E-state index contributed by atoms with van der Waals surface area (Å²) in [5, 5.41) is 2.85. The summed E-state index contributed by atoms with van der Waals surface area (Å²) in [6.07, 6.45) is 4.06. The predicted molar refractivity (Wildman–Crippen MR) is 98.9 cm³/mol. The minimum Gasteiger partial charge on any atom is -0.483 e. The predicted octanol–water partition coefficient (Wildman–Crippen LogP) is 4.36. The topological polar surface area (TPSA) is 56.8 Å². The molecule has 0 atom stereocenters. The third-order valence-electron chi connectivity index (χ3n) is 4.87. The largest absolute Gasteiger partial charge is 0.483 e. The van der Waals surface area contributed by atoms with Gasteiger partial charge in [0.2, 0.25) is 0 Å². The van der Waals surface area contributed by atoms with Crippen LogP contribution in [0, 0.1) is 13.8 Å². The van der Waals surface area contributed by atoms with E-state index in [0.29, 0.717) is 11.4 Å². The number of carbonyl (C=O) groups is 1. The van der Waals surface area contributed by atoms with Crippen molar-refractivity contribution in [3.05, 3.63) is 47.5 Å². The average Bonchev–Trinajstić information content (AvgIpc) is 3.20. The molecule has 0 saturated heterocycles. The van der Waals surface area contributed by atoms with Crippen LogP contribution in [0.5, 0.6) is 17.2 Å². The van der Waals surface area contributed by atoms with Crippen LogP contribution in [0.3, 0.4) is 0 Å². The highest BCUT2D eigenvalue weighted by Gasteiger charge is 2.44. The van der Waals surface area contributed by atoms with Crippen molar-refractivity contribution in [1.82, 2.24) is 0 Å². The van der Waals surface area contributed by atoms with Crippen LogP contribution < -0.4 is 19.5 Å². The fourth-order valence-electron chi connectivity index (χ4n) is 3.59. The van der Waals surface area contributed by atoms with E-state index >= 15 is 0 Å². The first-order valence-corrected chi connectivity index (χ1v) is 9.05. The summed E-state index contributed by atoms with van der Waals surface area (Å²) in [6.45, 7) is 3.96. The summed E-state index contributed by atoms with van der Waals surface area (Å²) in [7, 11) is 0. The van der Waals surface area contributed by atoms with Gasteiger partial charge in [-0.1, -0.05) is 17.7 Å². The fourth-order valence-corrected chi connectivity index (χ4v) is 3.59. The number of ether oxygens (including phenoxy) is 3. The maximum atomic E-state index is 12.2. The smallest absolute Gasteiger partial charge is 0.262 e. The quantitative estimate of drug-likeness (QED) is 0.887. The number of fused-ring (bicyclic) bond motifs is 1. The van der Waals surface area contributed by atoms with E-state index in [1.165, 1.54) is 5.56 Å². The molecule has 26 heavy (non-hydrogen) atoms. The molecule has 4 rings (SSSR count). The molecule has 0 radical (unpaired) electrons. The average molecular weight is 353 g/mol. The van der Waals surface area contributed by atoms with Crippen molar-refractivity contribution in [2.75, 3.05) is 11.9 Å². The Hall–Kier alpha value is -2.69. The van der Waals surface area contributed by atoms with Crippen LogP contribution in [0.2, 0.25) is 0 Å². The molecular weight excluding hydrogens is 330 g/mol. The maximum absolute atomic E-state index is 12.2. The number of rotatable bonds is 4. The number of anilines is 1. The van der Waals surface area contributed by atoms with Gasteiger partial charge in [0.25, 0.3) is 11.7 Å². The Bertz CT molecular complexity index is 840. The number of amides is 1. The lowest BCUT2D eigenvalue weighted by Gasteiger charge is -2.21. The van der Waals surface area contributed by atoms with E-state index < -0.39 is 5.79 Å². The SMILES string of the molecule is Cc1ccc(OCC(=O)Nc2ccc3c(c2)OC2(CCCC2)O3)c(C)c1. The lowest BCUT2D eigenvalue weighted by Crippen LogP contribution is -2.34. The maximum Gasteiger partial charge on any atom is 0.262 e. The number of hydrogen-bond donors (Lipinski definition) is 1. The van der Waals surface area contributed by atoms with E-state index in [-0.39, 0.29) is 12.5 Å². The van der Waals surface area contributed by atoms with Gasteiger partial charge in [0, 0.05) is 24.6 Å². The zero-order valence-corrected chi connectivity index (χ0v) is 15.1. The van der Waals surface area contributed by atoms with Gasteiger partial charge >= 0.3 is 0 Å². The zero-order chi connectivity index (χ0) is 18.1. The van der Waals surface area contributed by atoms with Crippen LogP contribution in [0.4, 0.5) is 5.69 Å². The number of benzene rings is 2. The lowest BCUT2D eigenvalue weighted by molar-refractivity contribution is -0.118. The van der Waals surface area contributed by atoms with Gasteiger partial charge in [0.1, 0.15) is 5.75 Å². The molecule has 2 aliphatic rings. The van der Waals surface area contributed by atoms with E-state index in [1.807, 2.05) is 50.2 Å². The molecule has 2 aromatic carbocycles. The van der Waals surface area contributed by atoms with Gasteiger partial charge in [-0.05, 0) is 50.5 Å². The normalized spacial score (nSPS) is 16.7. The van der Waals surface area contributed by atoms with Crippen molar-refractivity contribution in [2.45, 2.75) is 45.3 Å². The van der Waals surface area contributed by atoms with Gasteiger partial charge in [0.15, 0.2) is 18.1 Å². The van der Waals surface area contributed by atoms with Crippen LogP contribution >= 0.6 is 0 Å². The van der Waals surface area contributed by atoms with E-state index in [0.717, 1.165) is 42.7 Å². The second kappa shape index (κ2) is 6.56. The van der Waals surface area contributed by atoms with Gasteiger partial charge in [-0.2, -0.15) is 0 Å². The molecular formula is C21H23NO4. The molecule has 1 N–H and O–H groups in total. The highest BCUT2D eigenvalue weighted by atomic mass is 16.7. The Labute approximate surface area is 153 Å². The molecule has 1 aliphatic carbocycles. The highest BCUT2D eigenvalue weighted by molar-refractivity contribution is 5.92. The van der Waals surface area contributed by atoms with Crippen molar-refractivity contribution in [1.29, 1.82) is 0 Å². The summed E-state index contributed by atoms with van der Waals surface area (Å²) in [6, 6.07) is 11.4. The molecule has 0 unspecified atom stereocenters. The Balaban J connectivity index is 1.37. The molecule has 1 saturated carbocycles. The standard InChI is InChI=1S/C21H23NO4/c1-14-5-7-17(15(2)11-14)24-13-20(23)22-16-6-8-18-19(12-16)26-21(25-18)9-3-4-10-21/h5-8,11-12H,3-4,9-10,13H2,1-2H3,(H,22,23). The highest BCUT2D eigenvalue weighted by Crippen LogP contribution is 2.47. The first kappa shape index (κ1) is 16.8. The number of nitrogens with one attached hydrogen (secondary N) is 1. The summed E-state index contributed by atoms with van der Waals surface area (Å²) in [4.78, 5) is 12.2. The second-order valence-electron chi connectivity index (χ2n) is 7.09. The van der Waals surface area contributed by atoms with E-state index in [2.05, 4.69) is 5.32 Å². The molecule has 5 nitrogen and oxygen atoms in total. The van der Waals surface area contributed by atoms with Crippen LogP contribution in [0.25, 0.3) is 0 Å².